The van der Waals surface area contributed by atoms with Crippen LogP contribution in [0.15, 0.2) is 113 Å². The van der Waals surface area contributed by atoms with Crippen molar-refractivity contribution in [3.63, 3.8) is 0 Å². The first-order valence-electron chi connectivity index (χ1n) is 24.5. The first-order chi connectivity index (χ1) is 35.8. The predicted molar refractivity (Wildman–Crippen MR) is 277 cm³/mol. The summed E-state index contributed by atoms with van der Waals surface area (Å²) in [7, 11) is 3.13. The zero-order valence-electron chi connectivity index (χ0n) is 42.0. The minimum atomic E-state index is -0.900. The smallest absolute Gasteiger partial charge is 0.662 e. The van der Waals surface area contributed by atoms with Crippen LogP contribution in [0.4, 0.5) is 30.8 Å². The first kappa shape index (κ1) is 61.0. The van der Waals surface area contributed by atoms with Gasteiger partial charge in [0.05, 0.1) is 46.7 Å². The summed E-state index contributed by atoms with van der Waals surface area (Å²) in [6.07, 6.45) is 13.6. The van der Waals surface area contributed by atoms with Crippen molar-refractivity contribution in [3.8, 4) is 0 Å². The summed E-state index contributed by atoms with van der Waals surface area (Å²) in [5.41, 5.74) is 1.43. The number of likely N-dealkylation sites (tertiary alicyclic amines) is 1. The van der Waals surface area contributed by atoms with Crippen LogP contribution < -0.4 is 67.2 Å². The normalized spacial score (nSPS) is 19.2. The molecule has 76 heavy (non-hydrogen) atoms. The Labute approximate surface area is 467 Å². The van der Waals surface area contributed by atoms with Crippen LogP contribution in [0.1, 0.15) is 94.8 Å². The Bertz CT molecular complexity index is 2840. The van der Waals surface area contributed by atoms with E-state index < -0.39 is 35.7 Å². The Balaban J connectivity index is 0.000000264. The van der Waals surface area contributed by atoms with Gasteiger partial charge in [-0.25, -0.2) is 18.6 Å². The summed E-state index contributed by atoms with van der Waals surface area (Å²) in [4.78, 5) is 80.9. The fourth-order valence-electron chi connectivity index (χ4n) is 9.21. The Kier molecular flexibility index (Phi) is 23.8. The number of rotatable bonds is 18. The Morgan fingerprint density at radius 3 is 1.75 bits per heavy atom. The van der Waals surface area contributed by atoms with E-state index in [0.717, 1.165) is 36.8 Å². The van der Waals surface area contributed by atoms with Gasteiger partial charge in [-0.05, 0) is 104 Å². The molecule has 0 bridgehead atoms. The first-order valence-corrected chi connectivity index (χ1v) is 24.9. The molecule has 9 rings (SSSR count). The van der Waals surface area contributed by atoms with E-state index in [1.165, 1.54) is 68.2 Å². The van der Waals surface area contributed by atoms with Gasteiger partial charge in [0.25, 0.3) is 17.6 Å². The molecule has 402 valence electrons. The van der Waals surface area contributed by atoms with Crippen LogP contribution in [-0.2, 0) is 28.7 Å². The van der Waals surface area contributed by atoms with Crippen molar-refractivity contribution in [2.75, 3.05) is 43.3 Å². The van der Waals surface area contributed by atoms with Gasteiger partial charge in [-0.15, -0.1) is 0 Å². The third-order valence-corrected chi connectivity index (χ3v) is 13.9. The van der Waals surface area contributed by atoms with Gasteiger partial charge in [0, 0.05) is 64.5 Å². The number of urea groups is 1. The largest absolute Gasteiger partial charge is 1.00 e. The second-order valence-electron chi connectivity index (χ2n) is 18.7. The number of anilines is 3. The van der Waals surface area contributed by atoms with E-state index in [2.05, 4.69) is 31.1 Å². The van der Waals surface area contributed by atoms with Crippen LogP contribution in [-0.4, -0.2) is 94.9 Å². The van der Waals surface area contributed by atoms with Gasteiger partial charge in [0.2, 0.25) is 11.8 Å². The third kappa shape index (κ3) is 17.1. The monoisotopic (exact) mass is 1080 g/mol. The molecule has 2 unspecified atom stereocenters. The minimum absolute atomic E-state index is 0. The van der Waals surface area contributed by atoms with E-state index >= 15 is 0 Å². The molecule has 4 N–H and O–H groups in total. The molecule has 4 fully saturated rings. The average Bonchev–Trinajstić information content (AvgIpc) is 4.33. The zero-order valence-corrected chi connectivity index (χ0v) is 44.8. The number of aromatic nitrogens is 3. The van der Waals surface area contributed by atoms with Crippen molar-refractivity contribution in [3.05, 3.63) is 152 Å². The number of carbonyl (C=O) groups is 4. The maximum absolute atomic E-state index is 15.0. The molecule has 22 heteroatoms. The van der Waals surface area contributed by atoms with Gasteiger partial charge in [0.1, 0.15) is 23.5 Å². The van der Waals surface area contributed by atoms with E-state index in [1.807, 2.05) is 6.07 Å². The number of halogens is 3. The van der Waals surface area contributed by atoms with E-state index in [4.69, 9.17) is 31.1 Å². The van der Waals surface area contributed by atoms with Gasteiger partial charge < -0.3 is 49.6 Å². The molecule has 5 heterocycles. The number of carbonyl (C=O) groups excluding carboxylic acids is 4. The molecule has 4 aliphatic rings. The number of ether oxygens (including phenoxy) is 2. The molecular weight excluding hydrogens is 1020 g/mol. The summed E-state index contributed by atoms with van der Waals surface area (Å²) in [6.45, 7) is 0.591. The number of benzene rings is 2. The Hall–Kier alpha value is -5.84. The molecule has 3 aromatic heterocycles. The van der Waals surface area contributed by atoms with Crippen molar-refractivity contribution >= 4 is 53.1 Å². The van der Waals surface area contributed by atoms with E-state index in [9.17, 15) is 32.8 Å². The maximum Gasteiger partial charge on any atom is 1.00 e. The third-order valence-electron chi connectivity index (χ3n) is 13.6. The van der Waals surface area contributed by atoms with Gasteiger partial charge in [-0.3, -0.25) is 29.3 Å². The number of nitrogens with zero attached hydrogens (tertiary/aromatic N) is 4. The second kappa shape index (κ2) is 29.6. The molecule has 6 atom stereocenters. The van der Waals surface area contributed by atoms with Gasteiger partial charge >= 0.3 is 35.6 Å². The van der Waals surface area contributed by atoms with E-state index in [1.54, 1.807) is 83.2 Å². The molecule has 0 spiro atoms. The van der Waals surface area contributed by atoms with Crippen molar-refractivity contribution in [2.24, 2.45) is 11.8 Å². The SMILES string of the molecule is C.CO[C@@H]1C[C@H](C(=O)Nc2cc(C(CCC3CC3)n3ccccc3=O)ccc2F)N(C(=O)Nc2ccc(Cl)cn2)C1.CO[C@H]1CN[C@@H](C(=O)Nc2cc(C(CCC3CC3)n3ccccc3=O)ccc2F)C1.O=CO[O-].[Na+]. The number of hydrogen-bond donors (Lipinski definition) is 4. The summed E-state index contributed by atoms with van der Waals surface area (Å²) in [5, 5.41) is 20.0. The fourth-order valence-corrected chi connectivity index (χ4v) is 9.32. The topological polar surface area (TPSA) is 227 Å². The van der Waals surface area contributed by atoms with Crippen LogP contribution in [0.3, 0.4) is 0 Å². The van der Waals surface area contributed by atoms with Crippen LogP contribution in [0.25, 0.3) is 0 Å². The summed E-state index contributed by atoms with van der Waals surface area (Å²) < 4.78 is 43.5. The maximum atomic E-state index is 15.0. The molecule has 4 amide bonds. The zero-order chi connectivity index (χ0) is 52.7. The standard InChI is InChI=1S/C29H31ClFN5O4.C23H28FN3O3.CH2O3.CH4.Na/c1-40-21-15-25(36(17-21)29(39)34-26-12-9-20(30)16-32-26)28(38)33-23-14-19(8-10-22(23)31)24(11-7-18-5-6-18)35-13-3-2-4-27(35)37;1-30-17-13-20(25-14-17)23(29)26-19-12-16(8-9-18(19)24)21(10-7-15-5-6-15)27-11-3-2-4-22(27)28;2-1-4-3;;/h2-4,8-10,12-14,16,18,21,24-25H,5-7,11,15,17H2,1H3,(H,33,38)(H,32,34,39);2-4,8-9,11-12,15,17,20-21,25H,5-7,10,13-14H2,1H3,(H,26,29);1,3H;1H4;/q;;;;+1/p-1/t21-,24?,25-;17-,20-,21?;;;/m11.../s1. The number of pyridine rings is 3. The second-order valence-corrected chi connectivity index (χ2v) is 19.2. The summed E-state index contributed by atoms with van der Waals surface area (Å²) in [5.74, 6) is -0.276. The predicted octanol–water partition coefficient (Wildman–Crippen LogP) is 4.23. The Morgan fingerprint density at radius 2 is 1.30 bits per heavy atom. The molecular formula is C54H64ClF2N8NaO10. The van der Waals surface area contributed by atoms with Crippen LogP contribution in [0.2, 0.25) is 5.02 Å². The molecule has 5 aromatic rings. The number of hydrogen-bond acceptors (Lipinski definition) is 12. The summed E-state index contributed by atoms with van der Waals surface area (Å²) >= 11 is 5.87. The molecule has 2 saturated heterocycles. The average molecular weight is 1080 g/mol. The summed E-state index contributed by atoms with van der Waals surface area (Å²) in [6, 6.07) is 20.1. The van der Waals surface area contributed by atoms with Gasteiger partial charge in [0.15, 0.2) is 0 Å². The molecule has 2 aliphatic heterocycles. The molecule has 2 aliphatic carbocycles. The van der Waals surface area contributed by atoms with Gasteiger partial charge in [-0.1, -0.05) is 69.0 Å². The molecule has 0 radical (unpaired) electrons. The van der Waals surface area contributed by atoms with E-state index in [-0.39, 0.29) is 115 Å². The van der Waals surface area contributed by atoms with Crippen molar-refractivity contribution in [1.29, 1.82) is 0 Å². The number of nitrogens with one attached hydrogen (secondary N) is 4. The Morgan fingerprint density at radius 1 is 0.776 bits per heavy atom. The van der Waals surface area contributed by atoms with Crippen LogP contribution in [0, 0.1) is 23.5 Å². The van der Waals surface area contributed by atoms with E-state index in [0.29, 0.717) is 29.8 Å². The van der Waals surface area contributed by atoms with Crippen molar-refractivity contribution in [2.45, 2.75) is 108 Å². The van der Waals surface area contributed by atoms with Crippen molar-refractivity contribution < 1.29 is 77.1 Å². The molecule has 2 aromatic carbocycles. The van der Waals surface area contributed by atoms with Gasteiger partial charge in [-0.2, -0.15) is 0 Å². The minimum Gasteiger partial charge on any atom is -0.662 e. The fraction of sp³-hybridized carbons (Fsp3) is 0.426. The van der Waals surface area contributed by atoms with Crippen molar-refractivity contribution in [1.82, 2.24) is 24.3 Å². The van der Waals surface area contributed by atoms with Crippen LogP contribution in [0.5, 0.6) is 0 Å². The van der Waals surface area contributed by atoms with Crippen LogP contribution >= 0.6 is 11.6 Å². The number of amides is 4. The molecule has 18 nitrogen and oxygen atoms in total. The molecule has 2 saturated carbocycles. The number of methoxy groups -OCH3 is 2. The quantitative estimate of drug-likeness (QED) is 0.0419.